The summed E-state index contributed by atoms with van der Waals surface area (Å²) < 4.78 is 36.3. The number of carbonyl (C=O) groups excluding carboxylic acids is 2. The zero-order chi connectivity index (χ0) is 14.5. The SMILES string of the molecule is O=C(CCC(=O)c1ccc(Br)cc1)NCC(F)(F)F. The molecule has 1 rings (SSSR count). The summed E-state index contributed by atoms with van der Waals surface area (Å²) in [6, 6.07) is 6.52. The molecule has 0 unspecified atom stereocenters. The molecule has 19 heavy (non-hydrogen) atoms. The zero-order valence-corrected chi connectivity index (χ0v) is 11.3. The molecule has 0 aromatic heterocycles. The minimum absolute atomic E-state index is 0.120. The van der Waals surface area contributed by atoms with Gasteiger partial charge in [0.05, 0.1) is 0 Å². The number of Topliss-reactive ketones (excluding diaryl/α,β-unsaturated/α-hetero) is 1. The fourth-order valence-electron chi connectivity index (χ4n) is 1.29. The monoisotopic (exact) mass is 337 g/mol. The van der Waals surface area contributed by atoms with E-state index < -0.39 is 18.6 Å². The summed E-state index contributed by atoms with van der Waals surface area (Å²) in [5.74, 6) is -1.07. The van der Waals surface area contributed by atoms with Crippen LogP contribution < -0.4 is 5.32 Å². The molecule has 0 saturated carbocycles. The normalized spacial score (nSPS) is 11.2. The van der Waals surface area contributed by atoms with Crippen LogP contribution in [0.4, 0.5) is 13.2 Å². The Labute approximate surface area is 116 Å². The van der Waals surface area contributed by atoms with E-state index in [1.807, 2.05) is 0 Å². The average molecular weight is 338 g/mol. The number of alkyl halides is 3. The third-order valence-electron chi connectivity index (χ3n) is 2.23. The molecule has 104 valence electrons. The molecule has 0 bridgehead atoms. The average Bonchev–Trinajstić information content (AvgIpc) is 2.33. The highest BCUT2D eigenvalue weighted by Gasteiger charge is 2.27. The first-order valence-corrected chi connectivity index (χ1v) is 6.19. The zero-order valence-electron chi connectivity index (χ0n) is 9.76. The van der Waals surface area contributed by atoms with E-state index in [0.717, 1.165) is 4.47 Å². The lowest BCUT2D eigenvalue weighted by molar-refractivity contribution is -0.138. The Balaban J connectivity index is 2.38. The second-order valence-electron chi connectivity index (χ2n) is 3.82. The molecule has 1 amide bonds. The van der Waals surface area contributed by atoms with Gasteiger partial charge in [-0.1, -0.05) is 28.1 Å². The summed E-state index contributed by atoms with van der Waals surface area (Å²) in [4.78, 5) is 22.8. The van der Waals surface area contributed by atoms with Crippen LogP contribution in [-0.4, -0.2) is 24.4 Å². The minimum Gasteiger partial charge on any atom is -0.347 e. The highest BCUT2D eigenvalue weighted by molar-refractivity contribution is 9.10. The summed E-state index contributed by atoms with van der Waals surface area (Å²) in [5.41, 5.74) is 0.423. The number of nitrogens with one attached hydrogen (secondary N) is 1. The molecule has 7 heteroatoms. The van der Waals surface area contributed by atoms with Crippen molar-refractivity contribution < 1.29 is 22.8 Å². The molecule has 1 N–H and O–H groups in total. The van der Waals surface area contributed by atoms with Crippen molar-refractivity contribution in [2.24, 2.45) is 0 Å². The molecule has 1 aromatic rings. The number of rotatable bonds is 5. The van der Waals surface area contributed by atoms with Crippen LogP contribution in [0, 0.1) is 0 Å². The first-order chi connectivity index (χ1) is 8.78. The fraction of sp³-hybridized carbons (Fsp3) is 0.333. The van der Waals surface area contributed by atoms with Gasteiger partial charge in [-0.25, -0.2) is 0 Å². The molecule has 0 radical (unpaired) electrons. The van der Waals surface area contributed by atoms with E-state index in [4.69, 9.17) is 0 Å². The van der Waals surface area contributed by atoms with Crippen LogP contribution in [0.15, 0.2) is 28.7 Å². The van der Waals surface area contributed by atoms with E-state index in [2.05, 4.69) is 15.9 Å². The topological polar surface area (TPSA) is 46.2 Å². The molecular weight excluding hydrogens is 327 g/mol. The molecule has 0 fully saturated rings. The van der Waals surface area contributed by atoms with Crippen molar-refractivity contribution in [3.63, 3.8) is 0 Å². The Bertz CT molecular complexity index is 457. The van der Waals surface area contributed by atoms with Crippen molar-refractivity contribution in [1.82, 2.24) is 5.32 Å². The van der Waals surface area contributed by atoms with Gasteiger partial charge in [0.25, 0.3) is 0 Å². The molecule has 0 aliphatic carbocycles. The van der Waals surface area contributed by atoms with Crippen LogP contribution >= 0.6 is 15.9 Å². The lowest BCUT2D eigenvalue weighted by Crippen LogP contribution is -2.33. The Hall–Kier alpha value is -1.37. The number of hydrogen-bond acceptors (Lipinski definition) is 2. The Morgan fingerprint density at radius 3 is 2.21 bits per heavy atom. The first-order valence-electron chi connectivity index (χ1n) is 5.40. The number of amides is 1. The number of carbonyl (C=O) groups is 2. The predicted octanol–water partition coefficient (Wildman–Crippen LogP) is 3.09. The Kier molecular flexibility index (Phi) is 5.53. The van der Waals surface area contributed by atoms with Crippen LogP contribution in [-0.2, 0) is 4.79 Å². The van der Waals surface area contributed by atoms with Crippen LogP contribution in [0.3, 0.4) is 0 Å². The van der Waals surface area contributed by atoms with Crippen molar-refractivity contribution in [3.05, 3.63) is 34.3 Å². The quantitative estimate of drug-likeness (QED) is 0.839. The van der Waals surface area contributed by atoms with Gasteiger partial charge < -0.3 is 5.32 Å². The third-order valence-corrected chi connectivity index (χ3v) is 2.76. The summed E-state index contributed by atoms with van der Waals surface area (Å²) in [6.45, 7) is -1.38. The van der Waals surface area contributed by atoms with E-state index in [1.54, 1.807) is 29.6 Å². The largest absolute Gasteiger partial charge is 0.405 e. The Morgan fingerprint density at radius 2 is 1.68 bits per heavy atom. The maximum Gasteiger partial charge on any atom is 0.405 e. The van der Waals surface area contributed by atoms with Gasteiger partial charge in [-0.3, -0.25) is 9.59 Å². The molecule has 0 spiro atoms. The molecule has 3 nitrogen and oxygen atoms in total. The van der Waals surface area contributed by atoms with Gasteiger partial charge in [0.1, 0.15) is 6.54 Å². The van der Waals surface area contributed by atoms with Gasteiger partial charge >= 0.3 is 6.18 Å². The number of hydrogen-bond donors (Lipinski definition) is 1. The van der Waals surface area contributed by atoms with Crippen LogP contribution in [0.25, 0.3) is 0 Å². The highest BCUT2D eigenvalue weighted by Crippen LogP contribution is 2.14. The van der Waals surface area contributed by atoms with Crippen LogP contribution in [0.1, 0.15) is 23.2 Å². The number of halogens is 4. The summed E-state index contributed by atoms with van der Waals surface area (Å²) >= 11 is 3.21. The van der Waals surface area contributed by atoms with Crippen molar-refractivity contribution in [1.29, 1.82) is 0 Å². The van der Waals surface area contributed by atoms with Gasteiger partial charge in [-0.05, 0) is 12.1 Å². The third kappa shape index (κ3) is 6.37. The molecule has 0 atom stereocenters. The minimum atomic E-state index is -4.44. The molecular formula is C12H11BrF3NO2. The summed E-state index contributed by atoms with van der Waals surface area (Å²) in [6.07, 6.45) is -4.82. The second kappa shape index (κ2) is 6.70. The van der Waals surface area contributed by atoms with E-state index in [1.165, 1.54) is 0 Å². The van der Waals surface area contributed by atoms with Crippen LogP contribution in [0.5, 0.6) is 0 Å². The maximum atomic E-state index is 11.8. The fourth-order valence-corrected chi connectivity index (χ4v) is 1.56. The summed E-state index contributed by atoms with van der Waals surface area (Å²) in [7, 11) is 0. The molecule has 1 aromatic carbocycles. The molecule has 0 saturated heterocycles. The van der Waals surface area contributed by atoms with Crippen molar-refractivity contribution in [2.75, 3.05) is 6.54 Å². The van der Waals surface area contributed by atoms with E-state index in [9.17, 15) is 22.8 Å². The first kappa shape index (κ1) is 15.7. The van der Waals surface area contributed by atoms with Gasteiger partial charge in [-0.2, -0.15) is 13.2 Å². The van der Waals surface area contributed by atoms with E-state index >= 15 is 0 Å². The lowest BCUT2D eigenvalue weighted by atomic mass is 10.1. The van der Waals surface area contributed by atoms with Gasteiger partial charge in [0.15, 0.2) is 5.78 Å². The highest BCUT2D eigenvalue weighted by atomic mass is 79.9. The van der Waals surface area contributed by atoms with E-state index in [-0.39, 0.29) is 18.6 Å². The number of ketones is 1. The summed E-state index contributed by atoms with van der Waals surface area (Å²) in [5, 5.41) is 1.71. The van der Waals surface area contributed by atoms with E-state index in [0.29, 0.717) is 5.56 Å². The van der Waals surface area contributed by atoms with Gasteiger partial charge in [-0.15, -0.1) is 0 Å². The van der Waals surface area contributed by atoms with Crippen molar-refractivity contribution in [3.8, 4) is 0 Å². The second-order valence-corrected chi connectivity index (χ2v) is 4.74. The standard InChI is InChI=1S/C12H11BrF3NO2/c13-9-3-1-8(2-4-9)10(18)5-6-11(19)17-7-12(14,15)16/h1-4H,5-7H2,(H,17,19). The Morgan fingerprint density at radius 1 is 1.11 bits per heavy atom. The van der Waals surface area contributed by atoms with Gasteiger partial charge in [0, 0.05) is 22.9 Å². The lowest BCUT2D eigenvalue weighted by Gasteiger charge is -2.07. The predicted molar refractivity (Wildman–Crippen MR) is 66.8 cm³/mol. The smallest absolute Gasteiger partial charge is 0.347 e. The molecule has 0 heterocycles. The number of benzene rings is 1. The van der Waals surface area contributed by atoms with Crippen molar-refractivity contribution in [2.45, 2.75) is 19.0 Å². The molecule has 0 aliphatic heterocycles. The van der Waals surface area contributed by atoms with Crippen LogP contribution in [0.2, 0.25) is 0 Å². The molecule has 0 aliphatic rings. The van der Waals surface area contributed by atoms with Crippen molar-refractivity contribution >= 4 is 27.6 Å². The maximum absolute atomic E-state index is 11.8. The van der Waals surface area contributed by atoms with Gasteiger partial charge in [0.2, 0.25) is 5.91 Å².